The van der Waals surface area contributed by atoms with Gasteiger partial charge in [0.05, 0.1) is 0 Å². The van der Waals surface area contributed by atoms with Crippen LogP contribution in [0.25, 0.3) is 0 Å². The van der Waals surface area contributed by atoms with E-state index in [4.69, 9.17) is 0 Å². The molecule has 0 rings (SSSR count). The van der Waals surface area contributed by atoms with Gasteiger partial charge >= 0.3 is 0 Å². The molecule has 3 heteroatoms. The molecule has 0 aliphatic heterocycles. The molecule has 0 saturated carbocycles. The monoisotopic (exact) mass is 155 g/mol. The average molecular weight is 155 g/mol. The lowest BCUT2D eigenvalue weighted by atomic mass is 10.5. The lowest BCUT2D eigenvalue weighted by molar-refractivity contribution is 0.323. The van der Waals surface area contributed by atoms with E-state index in [2.05, 4.69) is 36.9 Å². The van der Waals surface area contributed by atoms with Crippen molar-refractivity contribution in [2.24, 2.45) is 10.1 Å². The molecule has 0 heterocycles. The quantitative estimate of drug-likeness (QED) is 0.439. The van der Waals surface area contributed by atoms with Gasteiger partial charge in [-0.15, -0.1) is 5.10 Å². The smallest absolute Gasteiger partial charge is 0.114 e. The first-order valence-electron chi connectivity index (χ1n) is 4.22. The van der Waals surface area contributed by atoms with Crippen LogP contribution in [0.3, 0.4) is 0 Å². The first-order chi connectivity index (χ1) is 5.35. The Morgan fingerprint density at radius 2 is 1.82 bits per heavy atom. The van der Waals surface area contributed by atoms with Crippen LogP contribution in [0.1, 0.15) is 27.2 Å². The van der Waals surface area contributed by atoms with Crippen LogP contribution in [0.5, 0.6) is 0 Å². The molecule has 0 aromatic heterocycles. The molecule has 0 spiro atoms. The number of aliphatic imine (C=N–C) groups is 1. The van der Waals surface area contributed by atoms with E-state index in [1.54, 1.807) is 0 Å². The summed E-state index contributed by atoms with van der Waals surface area (Å²) in [7, 11) is 0. The molecule has 0 atom stereocenters. The Labute approximate surface area is 68.8 Å². The molecule has 0 aromatic carbocycles. The normalized spacial score (nSPS) is 8.64. The minimum Gasteiger partial charge on any atom is -0.288 e. The van der Waals surface area contributed by atoms with E-state index in [9.17, 15) is 0 Å². The van der Waals surface area contributed by atoms with Crippen LogP contribution in [-0.4, -0.2) is 30.7 Å². The fourth-order valence-electron chi connectivity index (χ4n) is 0.622. The summed E-state index contributed by atoms with van der Waals surface area (Å²) in [5, 5.41) is 5.93. The van der Waals surface area contributed by atoms with Gasteiger partial charge in [-0.25, -0.2) is 4.99 Å². The summed E-state index contributed by atoms with van der Waals surface area (Å²) in [6.07, 6.45) is 1.06. The second-order valence-corrected chi connectivity index (χ2v) is 2.22. The minimum atomic E-state index is 0.824. The highest BCUT2D eigenvalue weighted by molar-refractivity contribution is 5.40. The van der Waals surface area contributed by atoms with Crippen molar-refractivity contribution in [2.45, 2.75) is 27.2 Å². The first-order valence-corrected chi connectivity index (χ1v) is 4.22. The van der Waals surface area contributed by atoms with Gasteiger partial charge in [-0.3, -0.25) is 5.01 Å². The van der Waals surface area contributed by atoms with Crippen LogP contribution in [0.15, 0.2) is 10.1 Å². The molecule has 3 nitrogen and oxygen atoms in total. The lowest BCUT2D eigenvalue weighted by Gasteiger charge is -2.09. The standard InChI is InChI=1S/C8H17N3/c1-4-7-9-8-10-11(5-2)6-3/h4-7H2,1-3H3. The van der Waals surface area contributed by atoms with Gasteiger partial charge in [-0.2, -0.15) is 0 Å². The minimum absolute atomic E-state index is 0.824. The van der Waals surface area contributed by atoms with Crippen LogP contribution in [0.2, 0.25) is 0 Å². The van der Waals surface area contributed by atoms with Crippen molar-refractivity contribution in [3.8, 4) is 0 Å². The third kappa shape index (κ3) is 5.62. The summed E-state index contributed by atoms with van der Waals surface area (Å²) >= 11 is 0. The first kappa shape index (κ1) is 10.2. The average Bonchev–Trinajstić information content (AvgIpc) is 2.05. The van der Waals surface area contributed by atoms with Crippen molar-refractivity contribution in [1.29, 1.82) is 0 Å². The maximum atomic E-state index is 4.01. The maximum Gasteiger partial charge on any atom is 0.114 e. The van der Waals surface area contributed by atoms with E-state index in [1.807, 2.05) is 5.01 Å². The summed E-state index contributed by atoms with van der Waals surface area (Å²) < 4.78 is 0. The Morgan fingerprint density at radius 1 is 1.18 bits per heavy atom. The SMILES string of the molecule is CCCN=C=NN(CC)CC. The highest BCUT2D eigenvalue weighted by atomic mass is 15.4. The van der Waals surface area contributed by atoms with E-state index in [0.29, 0.717) is 0 Å². The summed E-state index contributed by atoms with van der Waals surface area (Å²) in [5.74, 6) is 0. The predicted octanol–water partition coefficient (Wildman–Crippen LogP) is 1.83. The summed E-state index contributed by atoms with van der Waals surface area (Å²) in [4.78, 5) is 3.97. The van der Waals surface area contributed by atoms with Gasteiger partial charge in [0.2, 0.25) is 0 Å². The maximum absolute atomic E-state index is 4.01. The number of rotatable bonds is 5. The van der Waals surface area contributed by atoms with Crippen molar-refractivity contribution in [3.05, 3.63) is 0 Å². The van der Waals surface area contributed by atoms with Crippen molar-refractivity contribution in [1.82, 2.24) is 5.01 Å². The molecule has 11 heavy (non-hydrogen) atoms. The second-order valence-electron chi connectivity index (χ2n) is 2.22. The van der Waals surface area contributed by atoms with Crippen LogP contribution in [0.4, 0.5) is 0 Å². The zero-order valence-corrected chi connectivity index (χ0v) is 7.67. The zero-order valence-electron chi connectivity index (χ0n) is 7.67. The largest absolute Gasteiger partial charge is 0.288 e. The van der Waals surface area contributed by atoms with E-state index < -0.39 is 0 Å². The molecule has 0 unspecified atom stereocenters. The second kappa shape index (κ2) is 7.29. The topological polar surface area (TPSA) is 28.0 Å². The Bertz CT molecular complexity index is 132. The van der Waals surface area contributed by atoms with Gasteiger partial charge in [0, 0.05) is 19.6 Å². The number of nitrogens with zero attached hydrogens (tertiary/aromatic N) is 3. The predicted molar refractivity (Wildman–Crippen MR) is 47.9 cm³/mol. The van der Waals surface area contributed by atoms with Crippen molar-refractivity contribution in [2.75, 3.05) is 19.6 Å². The van der Waals surface area contributed by atoms with Crippen molar-refractivity contribution in [3.63, 3.8) is 0 Å². The van der Waals surface area contributed by atoms with Crippen LogP contribution >= 0.6 is 0 Å². The molecule has 0 aromatic rings. The van der Waals surface area contributed by atoms with Crippen molar-refractivity contribution >= 4 is 6.01 Å². The third-order valence-electron chi connectivity index (χ3n) is 1.32. The highest BCUT2D eigenvalue weighted by Gasteiger charge is 1.87. The van der Waals surface area contributed by atoms with Gasteiger partial charge in [0.15, 0.2) is 0 Å². The third-order valence-corrected chi connectivity index (χ3v) is 1.32. The van der Waals surface area contributed by atoms with Crippen LogP contribution < -0.4 is 0 Å². The lowest BCUT2D eigenvalue weighted by Crippen LogP contribution is -2.14. The summed E-state index contributed by atoms with van der Waals surface area (Å²) in [6.45, 7) is 8.88. The van der Waals surface area contributed by atoms with Gasteiger partial charge < -0.3 is 0 Å². The molecule has 0 aliphatic carbocycles. The number of hydrogen-bond donors (Lipinski definition) is 0. The van der Waals surface area contributed by atoms with E-state index >= 15 is 0 Å². The van der Waals surface area contributed by atoms with Gasteiger partial charge in [0.25, 0.3) is 0 Å². The Balaban J connectivity index is 3.68. The molecule has 0 amide bonds. The summed E-state index contributed by atoms with van der Waals surface area (Å²) in [5.41, 5.74) is 0. The fraction of sp³-hybridized carbons (Fsp3) is 0.875. The van der Waals surface area contributed by atoms with Crippen molar-refractivity contribution < 1.29 is 0 Å². The van der Waals surface area contributed by atoms with Crippen LogP contribution in [-0.2, 0) is 0 Å². The number of hydrazone groups is 1. The molecule has 0 aliphatic rings. The number of hydrogen-bond acceptors (Lipinski definition) is 3. The molecular formula is C8H17N3. The molecule has 64 valence electrons. The Hall–Kier alpha value is -0.820. The van der Waals surface area contributed by atoms with Crippen LogP contribution in [0, 0.1) is 0 Å². The Kier molecular flexibility index (Phi) is 6.75. The fourth-order valence-corrected chi connectivity index (χ4v) is 0.622. The Morgan fingerprint density at radius 3 is 2.27 bits per heavy atom. The summed E-state index contributed by atoms with van der Waals surface area (Å²) in [6, 6.07) is 2.66. The van der Waals surface area contributed by atoms with Gasteiger partial charge in [0.1, 0.15) is 6.01 Å². The highest BCUT2D eigenvalue weighted by Crippen LogP contribution is 1.84. The van der Waals surface area contributed by atoms with Gasteiger partial charge in [-0.05, 0) is 20.3 Å². The van der Waals surface area contributed by atoms with E-state index in [-0.39, 0.29) is 0 Å². The molecule has 0 fully saturated rings. The molecule has 0 N–H and O–H groups in total. The van der Waals surface area contributed by atoms with Gasteiger partial charge in [-0.1, -0.05) is 6.92 Å². The van der Waals surface area contributed by atoms with E-state index in [0.717, 1.165) is 26.1 Å². The molecule has 0 bridgehead atoms. The van der Waals surface area contributed by atoms with E-state index in [1.165, 1.54) is 0 Å². The zero-order chi connectivity index (χ0) is 8.53. The molecule has 0 saturated heterocycles. The molecule has 0 radical (unpaired) electrons. The molecular weight excluding hydrogens is 138 g/mol.